The second-order valence-electron chi connectivity index (χ2n) is 4.26. The molecule has 2 rings (SSSR count). The molecular formula is C13H16N2O2S. The topological polar surface area (TPSA) is 42.3 Å². The van der Waals surface area contributed by atoms with Crippen molar-refractivity contribution in [1.82, 2.24) is 4.57 Å². The summed E-state index contributed by atoms with van der Waals surface area (Å²) in [7, 11) is -0.113. The zero-order valence-electron chi connectivity index (χ0n) is 10.7. The molecular weight excluding hydrogens is 248 g/mol. The predicted molar refractivity (Wildman–Crippen MR) is 72.2 cm³/mol. The molecule has 5 heteroatoms. The van der Waals surface area contributed by atoms with Gasteiger partial charge in [0.15, 0.2) is 0 Å². The third kappa shape index (κ3) is 2.13. The van der Waals surface area contributed by atoms with Crippen LogP contribution in [0.1, 0.15) is 5.56 Å². The molecule has 0 saturated heterocycles. The van der Waals surface area contributed by atoms with E-state index < -0.39 is 10.0 Å². The second-order valence-corrected chi connectivity index (χ2v) is 6.23. The van der Waals surface area contributed by atoms with Crippen LogP contribution in [0.15, 0.2) is 47.5 Å². The molecule has 1 heterocycles. The Morgan fingerprint density at radius 1 is 1.11 bits per heavy atom. The van der Waals surface area contributed by atoms with Crippen LogP contribution in [-0.4, -0.2) is 20.0 Å². The molecule has 2 aromatic rings. The molecule has 0 amide bonds. The third-order valence-corrected chi connectivity index (χ3v) is 4.69. The summed E-state index contributed by atoms with van der Waals surface area (Å²) >= 11 is 0. The first-order valence-electron chi connectivity index (χ1n) is 5.60. The Morgan fingerprint density at radius 3 is 2.22 bits per heavy atom. The van der Waals surface area contributed by atoms with E-state index in [4.69, 9.17) is 0 Å². The Labute approximate surface area is 108 Å². The second kappa shape index (κ2) is 4.49. The summed E-state index contributed by atoms with van der Waals surface area (Å²) in [6.07, 6.45) is 1.82. The molecule has 18 heavy (non-hydrogen) atoms. The van der Waals surface area contributed by atoms with Crippen LogP contribution >= 0.6 is 0 Å². The number of hydrogen-bond acceptors (Lipinski definition) is 2. The Kier molecular flexibility index (Phi) is 3.17. The zero-order valence-corrected chi connectivity index (χ0v) is 11.5. The molecule has 1 aromatic carbocycles. The van der Waals surface area contributed by atoms with Crippen LogP contribution < -0.4 is 4.31 Å². The van der Waals surface area contributed by atoms with Gasteiger partial charge in [-0.2, -0.15) is 0 Å². The first kappa shape index (κ1) is 12.7. The molecule has 1 aromatic heterocycles. The molecule has 0 aliphatic heterocycles. The maximum atomic E-state index is 12.4. The van der Waals surface area contributed by atoms with Crippen molar-refractivity contribution in [3.8, 4) is 0 Å². The number of rotatable bonds is 3. The molecule has 0 atom stereocenters. The number of nitrogens with zero attached hydrogens (tertiary/aromatic N) is 2. The van der Waals surface area contributed by atoms with Crippen LogP contribution in [0.2, 0.25) is 0 Å². The molecule has 0 unspecified atom stereocenters. The highest BCUT2D eigenvalue weighted by atomic mass is 32.2. The summed E-state index contributed by atoms with van der Waals surface area (Å²) in [5.41, 5.74) is 1.04. The number of anilines is 1. The lowest BCUT2D eigenvalue weighted by Crippen LogP contribution is -2.28. The Morgan fingerprint density at radius 2 is 1.72 bits per heavy atom. The van der Waals surface area contributed by atoms with Crippen LogP contribution in [0.5, 0.6) is 0 Å². The van der Waals surface area contributed by atoms with Gasteiger partial charge in [-0.15, -0.1) is 0 Å². The normalized spacial score (nSPS) is 11.5. The molecule has 0 saturated carbocycles. The number of hydrogen-bond donors (Lipinski definition) is 0. The van der Waals surface area contributed by atoms with Gasteiger partial charge in [0.25, 0.3) is 10.0 Å². The van der Waals surface area contributed by atoms with Gasteiger partial charge in [-0.25, -0.2) is 8.42 Å². The maximum Gasteiger partial charge on any atom is 0.265 e. The van der Waals surface area contributed by atoms with Gasteiger partial charge < -0.3 is 4.57 Å². The number of sulfonamides is 1. The average molecular weight is 264 g/mol. The fourth-order valence-electron chi connectivity index (χ4n) is 1.77. The summed E-state index contributed by atoms with van der Waals surface area (Å²) in [5.74, 6) is 0.635. The summed E-state index contributed by atoms with van der Waals surface area (Å²) in [6.45, 7) is 1.93. The van der Waals surface area contributed by atoms with Crippen LogP contribution in [0.4, 0.5) is 5.82 Å². The highest BCUT2D eigenvalue weighted by molar-refractivity contribution is 7.92. The molecule has 4 nitrogen and oxygen atoms in total. The van der Waals surface area contributed by atoms with E-state index in [1.54, 1.807) is 41.9 Å². The van der Waals surface area contributed by atoms with E-state index in [2.05, 4.69) is 0 Å². The Hall–Kier alpha value is -1.75. The van der Waals surface area contributed by atoms with Gasteiger partial charge in [-0.3, -0.25) is 4.31 Å². The third-order valence-electron chi connectivity index (χ3n) is 2.92. The standard InChI is InChI=1S/C13H16N2O2S/c1-11-6-8-12(9-7-11)18(16,17)15(3)13-5-4-10-14(13)2/h4-10H,1-3H3. The van der Waals surface area contributed by atoms with Gasteiger partial charge in [0.1, 0.15) is 5.82 Å². The van der Waals surface area contributed by atoms with Crippen molar-refractivity contribution in [3.05, 3.63) is 48.2 Å². The minimum atomic E-state index is -3.49. The minimum Gasteiger partial charge on any atom is -0.337 e. The van der Waals surface area contributed by atoms with Gasteiger partial charge in [-0.1, -0.05) is 17.7 Å². The molecule has 0 bridgehead atoms. The van der Waals surface area contributed by atoms with Crippen molar-refractivity contribution in [2.45, 2.75) is 11.8 Å². The minimum absolute atomic E-state index is 0.303. The lowest BCUT2D eigenvalue weighted by atomic mass is 10.2. The summed E-state index contributed by atoms with van der Waals surface area (Å²) in [6, 6.07) is 10.4. The number of benzene rings is 1. The molecule has 0 fully saturated rings. The summed E-state index contributed by atoms with van der Waals surface area (Å²) in [4.78, 5) is 0.303. The first-order valence-corrected chi connectivity index (χ1v) is 7.04. The van der Waals surface area contributed by atoms with Gasteiger partial charge in [0, 0.05) is 20.3 Å². The number of aromatic nitrogens is 1. The fourth-order valence-corrected chi connectivity index (χ4v) is 3.00. The molecule has 0 N–H and O–H groups in total. The molecule has 96 valence electrons. The smallest absolute Gasteiger partial charge is 0.265 e. The lowest BCUT2D eigenvalue weighted by Gasteiger charge is -2.19. The highest BCUT2D eigenvalue weighted by Gasteiger charge is 2.22. The van der Waals surface area contributed by atoms with Crippen molar-refractivity contribution in [1.29, 1.82) is 0 Å². The predicted octanol–water partition coefficient (Wildman–Crippen LogP) is 2.16. The quantitative estimate of drug-likeness (QED) is 0.852. The van der Waals surface area contributed by atoms with Crippen LogP contribution in [0.3, 0.4) is 0 Å². The van der Waals surface area contributed by atoms with E-state index in [9.17, 15) is 8.42 Å². The van der Waals surface area contributed by atoms with Gasteiger partial charge in [0.05, 0.1) is 4.90 Å². The van der Waals surface area contributed by atoms with Gasteiger partial charge in [0.2, 0.25) is 0 Å². The largest absolute Gasteiger partial charge is 0.337 e. The zero-order chi connectivity index (χ0) is 13.3. The van der Waals surface area contributed by atoms with Crippen molar-refractivity contribution in [3.63, 3.8) is 0 Å². The van der Waals surface area contributed by atoms with Crippen molar-refractivity contribution >= 4 is 15.8 Å². The van der Waals surface area contributed by atoms with Crippen LogP contribution in [0.25, 0.3) is 0 Å². The Bertz CT molecular complexity index is 642. The average Bonchev–Trinajstić information content (AvgIpc) is 2.75. The van der Waals surface area contributed by atoms with Gasteiger partial charge in [-0.05, 0) is 31.2 Å². The lowest BCUT2D eigenvalue weighted by molar-refractivity contribution is 0.593. The van der Waals surface area contributed by atoms with E-state index in [0.29, 0.717) is 10.7 Å². The summed E-state index contributed by atoms with van der Waals surface area (Å²) < 4.78 is 27.9. The SMILES string of the molecule is Cc1ccc(S(=O)(=O)N(C)c2cccn2C)cc1. The van der Waals surface area contributed by atoms with Crippen molar-refractivity contribution in [2.75, 3.05) is 11.4 Å². The Balaban J connectivity index is 2.43. The van der Waals surface area contributed by atoms with Crippen LogP contribution in [-0.2, 0) is 17.1 Å². The fraction of sp³-hybridized carbons (Fsp3) is 0.231. The molecule has 0 spiro atoms. The molecule has 0 radical (unpaired) electrons. The molecule has 0 aliphatic rings. The van der Waals surface area contributed by atoms with E-state index in [-0.39, 0.29) is 0 Å². The van der Waals surface area contributed by atoms with E-state index >= 15 is 0 Å². The maximum absolute atomic E-state index is 12.4. The highest BCUT2D eigenvalue weighted by Crippen LogP contribution is 2.21. The van der Waals surface area contributed by atoms with Crippen molar-refractivity contribution in [2.24, 2.45) is 7.05 Å². The monoisotopic (exact) mass is 264 g/mol. The summed E-state index contributed by atoms with van der Waals surface area (Å²) in [5, 5.41) is 0. The van der Waals surface area contributed by atoms with E-state index in [0.717, 1.165) is 5.56 Å². The molecule has 0 aliphatic carbocycles. The van der Waals surface area contributed by atoms with Crippen molar-refractivity contribution < 1.29 is 8.42 Å². The van der Waals surface area contributed by atoms with E-state index in [1.807, 2.05) is 26.2 Å². The number of aryl methyl sites for hydroxylation is 2. The van der Waals surface area contributed by atoms with Crippen LogP contribution in [0, 0.1) is 6.92 Å². The first-order chi connectivity index (χ1) is 8.43. The van der Waals surface area contributed by atoms with Gasteiger partial charge >= 0.3 is 0 Å². The van der Waals surface area contributed by atoms with E-state index in [1.165, 1.54) is 4.31 Å².